The highest BCUT2D eigenvalue weighted by Crippen LogP contribution is 2.25. The summed E-state index contributed by atoms with van der Waals surface area (Å²) in [6.07, 6.45) is 3.39. The number of anilines is 1. The molecule has 2 aromatic rings. The van der Waals surface area contributed by atoms with Gasteiger partial charge in [0.15, 0.2) is 0 Å². The molecule has 2 amide bonds. The number of amides is 2. The number of thiophene rings is 1. The van der Waals surface area contributed by atoms with Crippen molar-refractivity contribution in [3.8, 4) is 0 Å². The van der Waals surface area contributed by atoms with E-state index in [0.29, 0.717) is 12.0 Å². The van der Waals surface area contributed by atoms with Crippen molar-refractivity contribution < 1.29 is 9.59 Å². The molecule has 0 bridgehead atoms. The van der Waals surface area contributed by atoms with Gasteiger partial charge < -0.3 is 10.2 Å². The number of rotatable bonds is 6. The monoisotopic (exact) mass is 342 g/mol. The Morgan fingerprint density at radius 1 is 1.33 bits per heavy atom. The first-order valence-corrected chi connectivity index (χ1v) is 9.31. The van der Waals surface area contributed by atoms with Crippen LogP contribution in [0.4, 0.5) is 5.69 Å². The predicted molar refractivity (Wildman–Crippen MR) is 97.5 cm³/mol. The van der Waals surface area contributed by atoms with Gasteiger partial charge in [0.2, 0.25) is 5.91 Å². The second-order valence-corrected chi connectivity index (χ2v) is 7.01. The Bertz CT molecular complexity index is 712. The van der Waals surface area contributed by atoms with E-state index in [-0.39, 0.29) is 17.9 Å². The predicted octanol–water partition coefficient (Wildman–Crippen LogP) is 4.15. The topological polar surface area (TPSA) is 49.4 Å². The van der Waals surface area contributed by atoms with Crippen molar-refractivity contribution in [2.45, 2.75) is 38.6 Å². The van der Waals surface area contributed by atoms with E-state index in [1.807, 2.05) is 29.6 Å². The number of nitrogens with one attached hydrogen (secondary N) is 1. The van der Waals surface area contributed by atoms with Crippen LogP contribution in [0.15, 0.2) is 41.8 Å². The third kappa shape index (κ3) is 3.67. The zero-order chi connectivity index (χ0) is 16.9. The maximum atomic E-state index is 12.7. The summed E-state index contributed by atoms with van der Waals surface area (Å²) in [6.45, 7) is 2.85. The van der Waals surface area contributed by atoms with Gasteiger partial charge in [0, 0.05) is 29.1 Å². The third-order valence-corrected chi connectivity index (χ3v) is 5.25. The van der Waals surface area contributed by atoms with Crippen molar-refractivity contribution in [1.29, 1.82) is 0 Å². The van der Waals surface area contributed by atoms with Crippen molar-refractivity contribution >= 4 is 28.8 Å². The van der Waals surface area contributed by atoms with Crippen molar-refractivity contribution in [2.24, 2.45) is 0 Å². The van der Waals surface area contributed by atoms with Crippen molar-refractivity contribution in [3.05, 3.63) is 52.2 Å². The second kappa shape index (κ2) is 7.62. The van der Waals surface area contributed by atoms with E-state index in [1.54, 1.807) is 22.3 Å². The van der Waals surface area contributed by atoms with Crippen LogP contribution in [0.1, 0.15) is 53.9 Å². The van der Waals surface area contributed by atoms with Gasteiger partial charge >= 0.3 is 0 Å². The molecule has 1 aliphatic rings. The summed E-state index contributed by atoms with van der Waals surface area (Å²) in [6, 6.07) is 11.5. The molecule has 1 aromatic carbocycles. The lowest BCUT2D eigenvalue weighted by molar-refractivity contribution is -0.117. The van der Waals surface area contributed by atoms with E-state index in [0.717, 1.165) is 31.5 Å². The van der Waals surface area contributed by atoms with Crippen LogP contribution in [-0.4, -0.2) is 18.4 Å². The Labute approximate surface area is 146 Å². The Morgan fingerprint density at radius 2 is 2.21 bits per heavy atom. The molecule has 2 heterocycles. The standard InChI is InChI=1S/C19H22N2O2S/c1-2-6-16(17-9-5-12-24-17)20-19(23)14-7-3-8-15(13-14)21-11-4-10-18(21)22/h3,5,7-9,12-13,16H,2,4,6,10-11H2,1H3,(H,20,23)/t16-/m0/s1. The first kappa shape index (κ1) is 16.7. The molecule has 0 saturated carbocycles. The molecule has 126 valence electrons. The zero-order valence-electron chi connectivity index (χ0n) is 13.8. The van der Waals surface area contributed by atoms with Crippen molar-refractivity contribution in [1.82, 2.24) is 5.32 Å². The van der Waals surface area contributed by atoms with Crippen LogP contribution in [0.2, 0.25) is 0 Å². The molecule has 4 nitrogen and oxygen atoms in total. The highest BCUT2D eigenvalue weighted by atomic mass is 32.1. The molecule has 1 atom stereocenters. The SMILES string of the molecule is CCC[C@H](NC(=O)c1cccc(N2CCCC2=O)c1)c1cccs1. The third-order valence-electron chi connectivity index (χ3n) is 4.26. The fourth-order valence-corrected chi connectivity index (χ4v) is 3.85. The van der Waals surface area contributed by atoms with Gasteiger partial charge in [-0.25, -0.2) is 0 Å². The number of carbonyl (C=O) groups excluding carboxylic acids is 2. The molecule has 0 unspecified atom stereocenters. The summed E-state index contributed by atoms with van der Waals surface area (Å²) in [5, 5.41) is 5.17. The van der Waals surface area contributed by atoms with E-state index in [9.17, 15) is 9.59 Å². The van der Waals surface area contributed by atoms with Gasteiger partial charge in [-0.15, -0.1) is 11.3 Å². The number of carbonyl (C=O) groups is 2. The minimum atomic E-state index is -0.0876. The van der Waals surface area contributed by atoms with Crippen LogP contribution in [0.25, 0.3) is 0 Å². The largest absolute Gasteiger partial charge is 0.344 e. The molecule has 0 radical (unpaired) electrons. The van der Waals surface area contributed by atoms with Gasteiger partial charge in [0.1, 0.15) is 0 Å². The quantitative estimate of drug-likeness (QED) is 0.857. The van der Waals surface area contributed by atoms with E-state index in [2.05, 4.69) is 18.3 Å². The Morgan fingerprint density at radius 3 is 2.88 bits per heavy atom. The van der Waals surface area contributed by atoms with Crippen LogP contribution in [-0.2, 0) is 4.79 Å². The van der Waals surface area contributed by atoms with Gasteiger partial charge in [-0.2, -0.15) is 0 Å². The maximum absolute atomic E-state index is 12.7. The summed E-state index contributed by atoms with van der Waals surface area (Å²) in [4.78, 5) is 27.5. The number of hydrogen-bond donors (Lipinski definition) is 1. The molecule has 1 aliphatic heterocycles. The molecule has 1 fully saturated rings. The van der Waals surface area contributed by atoms with Gasteiger partial charge in [-0.05, 0) is 42.5 Å². The fraction of sp³-hybridized carbons (Fsp3) is 0.368. The lowest BCUT2D eigenvalue weighted by atomic mass is 10.1. The molecule has 1 N–H and O–H groups in total. The molecule has 0 spiro atoms. The van der Waals surface area contributed by atoms with Gasteiger partial charge in [0.25, 0.3) is 5.91 Å². The highest BCUT2D eigenvalue weighted by Gasteiger charge is 2.23. The molecular formula is C19H22N2O2S. The summed E-state index contributed by atoms with van der Waals surface area (Å²) in [5.74, 6) is 0.0466. The van der Waals surface area contributed by atoms with Crippen molar-refractivity contribution in [2.75, 3.05) is 11.4 Å². The van der Waals surface area contributed by atoms with Crippen molar-refractivity contribution in [3.63, 3.8) is 0 Å². The van der Waals surface area contributed by atoms with Crippen LogP contribution in [0, 0.1) is 0 Å². The molecule has 1 aromatic heterocycles. The normalized spacial score (nSPS) is 15.5. The van der Waals surface area contributed by atoms with E-state index < -0.39 is 0 Å². The average Bonchev–Trinajstić information content (AvgIpc) is 3.26. The van der Waals surface area contributed by atoms with Gasteiger partial charge in [-0.3, -0.25) is 9.59 Å². The van der Waals surface area contributed by atoms with Crippen LogP contribution in [0.5, 0.6) is 0 Å². The first-order valence-electron chi connectivity index (χ1n) is 8.43. The zero-order valence-corrected chi connectivity index (χ0v) is 14.6. The first-order chi connectivity index (χ1) is 11.7. The average molecular weight is 342 g/mol. The van der Waals surface area contributed by atoms with Crippen LogP contribution < -0.4 is 10.2 Å². The maximum Gasteiger partial charge on any atom is 0.251 e. The van der Waals surface area contributed by atoms with Crippen LogP contribution >= 0.6 is 11.3 Å². The Hall–Kier alpha value is -2.14. The second-order valence-electron chi connectivity index (χ2n) is 6.03. The lowest BCUT2D eigenvalue weighted by Gasteiger charge is -2.19. The smallest absolute Gasteiger partial charge is 0.251 e. The highest BCUT2D eigenvalue weighted by molar-refractivity contribution is 7.10. The number of benzene rings is 1. The lowest BCUT2D eigenvalue weighted by Crippen LogP contribution is -2.28. The summed E-state index contributed by atoms with van der Waals surface area (Å²) >= 11 is 1.66. The van der Waals surface area contributed by atoms with Gasteiger partial charge in [-0.1, -0.05) is 25.5 Å². The minimum Gasteiger partial charge on any atom is -0.344 e. The number of nitrogens with zero attached hydrogens (tertiary/aromatic N) is 1. The molecule has 5 heteroatoms. The summed E-state index contributed by atoms with van der Waals surface area (Å²) in [5.41, 5.74) is 1.41. The minimum absolute atomic E-state index is 0.0413. The van der Waals surface area contributed by atoms with Crippen LogP contribution in [0.3, 0.4) is 0 Å². The summed E-state index contributed by atoms with van der Waals surface area (Å²) < 4.78 is 0. The Balaban J connectivity index is 1.75. The number of hydrogen-bond acceptors (Lipinski definition) is 3. The molecule has 1 saturated heterocycles. The van der Waals surface area contributed by atoms with E-state index >= 15 is 0 Å². The van der Waals surface area contributed by atoms with E-state index in [4.69, 9.17) is 0 Å². The molecular weight excluding hydrogens is 320 g/mol. The summed E-state index contributed by atoms with van der Waals surface area (Å²) in [7, 11) is 0. The van der Waals surface area contributed by atoms with Gasteiger partial charge in [0.05, 0.1) is 6.04 Å². The molecule has 3 rings (SSSR count). The fourth-order valence-electron chi connectivity index (χ4n) is 3.04. The Kier molecular flexibility index (Phi) is 5.30. The molecule has 24 heavy (non-hydrogen) atoms. The molecule has 0 aliphatic carbocycles. The van der Waals surface area contributed by atoms with E-state index in [1.165, 1.54) is 4.88 Å².